The molecule has 1 aliphatic rings. The molecule has 1 fully saturated rings. The van der Waals surface area contributed by atoms with Crippen LogP contribution in [0.15, 0.2) is 84.0 Å². The second-order valence-corrected chi connectivity index (χ2v) is 11.1. The van der Waals surface area contributed by atoms with Gasteiger partial charge in [0.2, 0.25) is 0 Å². The zero-order valence-electron chi connectivity index (χ0n) is 21.7. The third-order valence-corrected chi connectivity index (χ3v) is 7.97. The number of ether oxygens (including phenoxy) is 1. The van der Waals surface area contributed by atoms with Crippen molar-refractivity contribution in [1.29, 1.82) is 0 Å². The molecule has 0 amide bonds. The van der Waals surface area contributed by atoms with E-state index < -0.39 is 26.6 Å². The fraction of sp³-hybridized carbons (Fsp3) is 0.241. The molecule has 0 aliphatic carbocycles. The maximum atomic E-state index is 14.0. The molecule has 8 nitrogen and oxygen atoms in total. The number of aromatic nitrogens is 2. The highest BCUT2D eigenvalue weighted by molar-refractivity contribution is 7.92. The van der Waals surface area contributed by atoms with Crippen molar-refractivity contribution in [3.05, 3.63) is 96.3 Å². The van der Waals surface area contributed by atoms with Gasteiger partial charge in [-0.25, -0.2) is 27.2 Å². The Labute approximate surface area is 232 Å². The zero-order chi connectivity index (χ0) is 28.0. The number of hydrogen-bond donors (Lipinski definition) is 2. The molecule has 0 radical (unpaired) electrons. The summed E-state index contributed by atoms with van der Waals surface area (Å²) in [5.41, 5.74) is 3.91. The molecule has 5 rings (SSSR count). The molecule has 208 valence electrons. The van der Waals surface area contributed by atoms with Gasteiger partial charge in [0.15, 0.2) is 0 Å². The summed E-state index contributed by atoms with van der Waals surface area (Å²) >= 11 is 0. The molecule has 0 spiro atoms. The highest BCUT2D eigenvalue weighted by Gasteiger charge is 2.19. The second kappa shape index (κ2) is 12.5. The van der Waals surface area contributed by atoms with Gasteiger partial charge in [-0.3, -0.25) is 9.62 Å². The Kier molecular flexibility index (Phi) is 8.63. The molecule has 1 aliphatic heterocycles. The average Bonchev–Trinajstić information content (AvgIpc) is 2.95. The second-order valence-electron chi connectivity index (χ2n) is 9.43. The Morgan fingerprint density at radius 3 is 2.33 bits per heavy atom. The predicted molar refractivity (Wildman–Crippen MR) is 150 cm³/mol. The van der Waals surface area contributed by atoms with Gasteiger partial charge >= 0.3 is 0 Å². The van der Waals surface area contributed by atoms with Gasteiger partial charge in [0, 0.05) is 42.2 Å². The van der Waals surface area contributed by atoms with Crippen LogP contribution in [0.4, 0.5) is 26.0 Å². The van der Waals surface area contributed by atoms with Gasteiger partial charge in [-0.15, -0.1) is 0 Å². The number of halogens is 2. The Hall–Kier alpha value is -3.93. The van der Waals surface area contributed by atoms with Gasteiger partial charge in [0.05, 0.1) is 18.9 Å². The normalized spacial score (nSPS) is 14.2. The number of morpholine rings is 1. The predicted octanol–water partition coefficient (Wildman–Crippen LogP) is 5.23. The number of rotatable bonds is 10. The highest BCUT2D eigenvalue weighted by atomic mass is 32.2. The summed E-state index contributed by atoms with van der Waals surface area (Å²) in [6, 6.07) is 18.9. The minimum Gasteiger partial charge on any atom is -0.379 e. The number of aryl methyl sites for hydroxylation is 1. The van der Waals surface area contributed by atoms with Crippen molar-refractivity contribution < 1.29 is 21.9 Å². The van der Waals surface area contributed by atoms with Crippen molar-refractivity contribution in [2.24, 2.45) is 0 Å². The van der Waals surface area contributed by atoms with E-state index >= 15 is 0 Å². The van der Waals surface area contributed by atoms with Crippen LogP contribution in [0.25, 0.3) is 11.3 Å². The van der Waals surface area contributed by atoms with Gasteiger partial charge in [-0.1, -0.05) is 24.3 Å². The molecular weight excluding hydrogens is 536 g/mol. The van der Waals surface area contributed by atoms with Gasteiger partial charge < -0.3 is 10.1 Å². The first-order chi connectivity index (χ1) is 19.4. The number of sulfonamides is 1. The maximum absolute atomic E-state index is 14.0. The Balaban J connectivity index is 1.18. The van der Waals surface area contributed by atoms with Crippen molar-refractivity contribution in [3.63, 3.8) is 0 Å². The highest BCUT2D eigenvalue weighted by Crippen LogP contribution is 2.24. The van der Waals surface area contributed by atoms with E-state index in [9.17, 15) is 17.2 Å². The van der Waals surface area contributed by atoms with Crippen LogP contribution in [0, 0.1) is 11.6 Å². The topological polar surface area (TPSA) is 96.5 Å². The maximum Gasteiger partial charge on any atom is 0.264 e. The molecule has 0 atom stereocenters. The largest absolute Gasteiger partial charge is 0.379 e. The summed E-state index contributed by atoms with van der Waals surface area (Å²) in [6.45, 7) is 4.72. The first kappa shape index (κ1) is 27.6. The number of nitrogens with one attached hydrogen (secondary N) is 2. The summed E-state index contributed by atoms with van der Waals surface area (Å²) in [5, 5.41) is 3.18. The molecule has 2 heterocycles. The lowest BCUT2D eigenvalue weighted by molar-refractivity contribution is 0.0375. The van der Waals surface area contributed by atoms with Gasteiger partial charge in [-0.2, -0.15) is 0 Å². The molecule has 4 aromatic rings. The Morgan fingerprint density at radius 1 is 0.875 bits per heavy atom. The van der Waals surface area contributed by atoms with Crippen LogP contribution in [0.5, 0.6) is 0 Å². The minimum atomic E-state index is -4.22. The zero-order valence-corrected chi connectivity index (χ0v) is 22.5. The summed E-state index contributed by atoms with van der Waals surface area (Å²) in [4.78, 5) is 10.5. The van der Waals surface area contributed by atoms with Crippen LogP contribution in [0.2, 0.25) is 0 Å². The van der Waals surface area contributed by atoms with Gasteiger partial charge in [-0.05, 0) is 61.3 Å². The number of benzene rings is 3. The van der Waals surface area contributed by atoms with E-state index in [2.05, 4.69) is 49.2 Å². The molecule has 3 aromatic carbocycles. The molecule has 0 saturated carbocycles. The number of nitrogens with zero attached hydrogens (tertiary/aromatic N) is 3. The SMILES string of the molecule is O=S(=O)(Nc1ccc(Nc2cc(-c3ccc(CCCN4CCOCC4)cc3)ncn2)cc1)c1ccc(F)cc1F. The third kappa shape index (κ3) is 7.17. The molecule has 11 heteroatoms. The lowest BCUT2D eigenvalue weighted by Gasteiger charge is -2.26. The van der Waals surface area contributed by atoms with Crippen LogP contribution in [0.1, 0.15) is 12.0 Å². The molecule has 40 heavy (non-hydrogen) atoms. The van der Waals surface area contributed by atoms with E-state index in [-0.39, 0.29) is 5.69 Å². The van der Waals surface area contributed by atoms with E-state index in [4.69, 9.17) is 4.74 Å². The average molecular weight is 566 g/mol. The summed E-state index contributed by atoms with van der Waals surface area (Å²) < 4.78 is 59.8. The summed E-state index contributed by atoms with van der Waals surface area (Å²) in [5.74, 6) is -1.45. The number of anilines is 3. The van der Waals surface area contributed by atoms with Crippen LogP contribution >= 0.6 is 0 Å². The number of hydrogen-bond acceptors (Lipinski definition) is 7. The monoisotopic (exact) mass is 565 g/mol. The van der Waals surface area contributed by atoms with E-state index in [0.717, 1.165) is 69.1 Å². The van der Waals surface area contributed by atoms with E-state index in [0.29, 0.717) is 17.6 Å². The molecule has 2 N–H and O–H groups in total. The lowest BCUT2D eigenvalue weighted by atomic mass is 10.1. The molecular formula is C29H29F2N5O3S. The van der Waals surface area contributed by atoms with Gasteiger partial charge in [0.1, 0.15) is 28.7 Å². The quantitative estimate of drug-likeness (QED) is 0.272. The first-order valence-electron chi connectivity index (χ1n) is 12.9. The van der Waals surface area contributed by atoms with Crippen LogP contribution < -0.4 is 10.0 Å². The molecule has 0 bridgehead atoms. The molecule has 1 saturated heterocycles. The van der Waals surface area contributed by atoms with E-state index in [1.807, 2.05) is 6.07 Å². The van der Waals surface area contributed by atoms with E-state index in [1.54, 1.807) is 12.1 Å². The Morgan fingerprint density at radius 2 is 1.60 bits per heavy atom. The van der Waals surface area contributed by atoms with Crippen LogP contribution in [-0.2, 0) is 21.2 Å². The molecule has 0 unspecified atom stereocenters. The van der Waals surface area contributed by atoms with Crippen molar-refractivity contribution in [3.8, 4) is 11.3 Å². The van der Waals surface area contributed by atoms with Gasteiger partial charge in [0.25, 0.3) is 10.0 Å². The standard InChI is InChI=1S/C29H29F2N5O3S/c30-23-7-12-28(26(31)18-23)40(37,38)35-25-10-8-24(9-11-25)34-29-19-27(32-20-33-29)22-5-3-21(4-6-22)2-1-13-36-14-16-39-17-15-36/h3-12,18-20,35H,1-2,13-17H2,(H,32,33,34). The minimum absolute atomic E-state index is 0.225. The fourth-order valence-corrected chi connectivity index (χ4v) is 5.55. The van der Waals surface area contributed by atoms with E-state index in [1.165, 1.54) is 24.0 Å². The van der Waals surface area contributed by atoms with Crippen molar-refractivity contribution in [1.82, 2.24) is 14.9 Å². The first-order valence-corrected chi connectivity index (χ1v) is 14.4. The van der Waals surface area contributed by atoms with Crippen LogP contribution in [-0.4, -0.2) is 56.1 Å². The molecule has 1 aromatic heterocycles. The Bertz CT molecular complexity index is 1550. The lowest BCUT2D eigenvalue weighted by Crippen LogP contribution is -2.36. The van der Waals surface area contributed by atoms with Crippen molar-refractivity contribution >= 4 is 27.2 Å². The smallest absolute Gasteiger partial charge is 0.264 e. The fourth-order valence-electron chi connectivity index (χ4n) is 4.43. The van der Waals surface area contributed by atoms with Crippen molar-refractivity contribution in [2.75, 3.05) is 42.9 Å². The third-order valence-electron chi connectivity index (χ3n) is 6.55. The summed E-state index contributed by atoms with van der Waals surface area (Å²) in [6.07, 6.45) is 3.59. The van der Waals surface area contributed by atoms with Crippen LogP contribution in [0.3, 0.4) is 0 Å². The summed E-state index contributed by atoms with van der Waals surface area (Å²) in [7, 11) is -4.22. The van der Waals surface area contributed by atoms with Crippen molar-refractivity contribution in [2.45, 2.75) is 17.7 Å².